The summed E-state index contributed by atoms with van der Waals surface area (Å²) in [4.78, 5) is 0. The highest BCUT2D eigenvalue weighted by Gasteiger charge is 2.19. The predicted molar refractivity (Wildman–Crippen MR) is 76.0 cm³/mol. The predicted octanol–water partition coefficient (Wildman–Crippen LogP) is 5.10. The molecule has 1 aromatic carbocycles. The van der Waals surface area contributed by atoms with E-state index in [4.69, 9.17) is 0 Å². The first-order valence-electron chi connectivity index (χ1n) is 6.56. The fraction of sp³-hybridized carbons (Fsp3) is 0.294. The molecule has 0 heterocycles. The second-order valence-electron chi connectivity index (χ2n) is 4.27. The van der Waals surface area contributed by atoms with Gasteiger partial charge in [0.05, 0.1) is 0 Å². The highest BCUT2D eigenvalue weighted by Crippen LogP contribution is 2.37. The van der Waals surface area contributed by atoms with Crippen LogP contribution in [0.2, 0.25) is 0 Å². The molecule has 0 spiro atoms. The Morgan fingerprint density at radius 1 is 1.06 bits per heavy atom. The van der Waals surface area contributed by atoms with Gasteiger partial charge in [0.1, 0.15) is 0 Å². The Bertz CT molecular complexity index is 461. The third kappa shape index (κ3) is 2.58. The molecule has 0 aliphatic heterocycles. The van der Waals surface area contributed by atoms with E-state index in [0.717, 1.165) is 0 Å². The molecule has 1 atom stereocenters. The van der Waals surface area contributed by atoms with Crippen LogP contribution in [0.15, 0.2) is 54.1 Å². The van der Waals surface area contributed by atoms with Gasteiger partial charge in [-0.2, -0.15) is 0 Å². The lowest BCUT2D eigenvalue weighted by molar-refractivity contribution is 0.688. The van der Waals surface area contributed by atoms with Crippen molar-refractivity contribution in [3.05, 3.63) is 65.3 Å². The van der Waals surface area contributed by atoms with Gasteiger partial charge in [-0.25, -0.2) is 0 Å². The lowest BCUT2D eigenvalue weighted by Gasteiger charge is -2.24. The van der Waals surface area contributed by atoms with Crippen molar-refractivity contribution >= 4 is 6.08 Å². The molecule has 0 saturated heterocycles. The molecule has 3 rings (SSSR count). The smallest absolute Gasteiger partial charge is 0.00809 e. The van der Waals surface area contributed by atoms with Gasteiger partial charge in [-0.15, -0.1) is 0 Å². The summed E-state index contributed by atoms with van der Waals surface area (Å²) in [5, 5.41) is 0. The molecule has 2 aliphatic rings. The summed E-state index contributed by atoms with van der Waals surface area (Å²) in [6, 6.07) is 8.77. The lowest BCUT2D eigenvalue weighted by atomic mass is 9.80. The van der Waals surface area contributed by atoms with Crippen molar-refractivity contribution in [1.82, 2.24) is 0 Å². The summed E-state index contributed by atoms with van der Waals surface area (Å²) in [5.74, 6) is 0.683. The number of hydrogen-bond acceptors (Lipinski definition) is 0. The normalized spacial score (nSPS) is 24.1. The zero-order valence-electron chi connectivity index (χ0n) is 10.7. The first-order chi connectivity index (χ1) is 8.43. The Hall–Kier alpha value is -1.56. The Balaban J connectivity index is 0.000000514. The van der Waals surface area contributed by atoms with Crippen molar-refractivity contribution < 1.29 is 0 Å². The van der Waals surface area contributed by atoms with Gasteiger partial charge < -0.3 is 0 Å². The maximum absolute atomic E-state index is 2.32. The van der Waals surface area contributed by atoms with E-state index in [1.807, 2.05) is 13.8 Å². The number of rotatable bonds is 0. The summed E-state index contributed by atoms with van der Waals surface area (Å²) in [6.45, 7) is 4.00. The Labute approximate surface area is 104 Å². The van der Waals surface area contributed by atoms with E-state index in [2.05, 4.69) is 54.6 Å². The summed E-state index contributed by atoms with van der Waals surface area (Å²) in [5.41, 5.74) is 4.38. The highest BCUT2D eigenvalue weighted by molar-refractivity contribution is 5.63. The zero-order chi connectivity index (χ0) is 12.1. The SMILES string of the molecule is C1=C2/C=C\C=C/CC(C2)c2ccccc21.CC. The van der Waals surface area contributed by atoms with Crippen molar-refractivity contribution in [2.24, 2.45) is 0 Å². The lowest BCUT2D eigenvalue weighted by Crippen LogP contribution is -2.06. The second kappa shape index (κ2) is 5.67. The number of fused-ring (bicyclic) bond motifs is 4. The maximum atomic E-state index is 2.32. The molecule has 0 fully saturated rings. The molecule has 88 valence electrons. The number of hydrogen-bond donors (Lipinski definition) is 0. The topological polar surface area (TPSA) is 0 Å². The summed E-state index contributed by atoms with van der Waals surface area (Å²) >= 11 is 0. The Morgan fingerprint density at radius 2 is 1.88 bits per heavy atom. The molecule has 0 aromatic heterocycles. The van der Waals surface area contributed by atoms with E-state index >= 15 is 0 Å². The van der Waals surface area contributed by atoms with Gasteiger partial charge >= 0.3 is 0 Å². The van der Waals surface area contributed by atoms with Gasteiger partial charge in [0.15, 0.2) is 0 Å². The van der Waals surface area contributed by atoms with Crippen LogP contribution in [0.4, 0.5) is 0 Å². The summed E-state index contributed by atoms with van der Waals surface area (Å²) in [7, 11) is 0. The fourth-order valence-electron chi connectivity index (χ4n) is 2.49. The van der Waals surface area contributed by atoms with Gasteiger partial charge in [0, 0.05) is 0 Å². The molecule has 0 nitrogen and oxygen atoms in total. The van der Waals surface area contributed by atoms with Crippen LogP contribution in [0.25, 0.3) is 6.08 Å². The minimum absolute atomic E-state index is 0.683. The molecule has 0 radical (unpaired) electrons. The van der Waals surface area contributed by atoms with Crippen molar-refractivity contribution in [2.45, 2.75) is 32.6 Å². The molecule has 2 aliphatic carbocycles. The van der Waals surface area contributed by atoms with E-state index in [1.54, 1.807) is 0 Å². The third-order valence-electron chi connectivity index (χ3n) is 3.24. The molecule has 0 saturated carbocycles. The molecule has 17 heavy (non-hydrogen) atoms. The van der Waals surface area contributed by atoms with Crippen LogP contribution in [-0.4, -0.2) is 0 Å². The molecule has 2 bridgehead atoms. The Kier molecular flexibility index (Phi) is 3.98. The first-order valence-corrected chi connectivity index (χ1v) is 6.56. The van der Waals surface area contributed by atoms with Crippen LogP contribution < -0.4 is 0 Å². The molecular formula is C17H20. The average molecular weight is 224 g/mol. The summed E-state index contributed by atoms with van der Waals surface area (Å²) < 4.78 is 0. The van der Waals surface area contributed by atoms with Crippen molar-refractivity contribution in [3.63, 3.8) is 0 Å². The van der Waals surface area contributed by atoms with E-state index in [1.165, 1.54) is 29.5 Å². The largest absolute Gasteiger partial charge is 0.0839 e. The van der Waals surface area contributed by atoms with Crippen LogP contribution in [0.5, 0.6) is 0 Å². The van der Waals surface area contributed by atoms with E-state index in [9.17, 15) is 0 Å². The maximum Gasteiger partial charge on any atom is -0.00809 e. The first kappa shape index (κ1) is 11.9. The van der Waals surface area contributed by atoms with Crippen LogP contribution in [-0.2, 0) is 0 Å². The monoisotopic (exact) mass is 224 g/mol. The second-order valence-corrected chi connectivity index (χ2v) is 4.27. The van der Waals surface area contributed by atoms with Gasteiger partial charge in [-0.3, -0.25) is 0 Å². The van der Waals surface area contributed by atoms with Crippen LogP contribution in [0, 0.1) is 0 Å². The van der Waals surface area contributed by atoms with Crippen LogP contribution in [0.1, 0.15) is 43.7 Å². The van der Waals surface area contributed by atoms with Gasteiger partial charge in [0.2, 0.25) is 0 Å². The van der Waals surface area contributed by atoms with Crippen LogP contribution in [0.3, 0.4) is 0 Å². The highest BCUT2D eigenvalue weighted by atomic mass is 14.2. The number of benzene rings is 1. The average Bonchev–Trinajstić information content (AvgIpc) is 2.38. The van der Waals surface area contributed by atoms with Crippen molar-refractivity contribution in [2.75, 3.05) is 0 Å². The van der Waals surface area contributed by atoms with E-state index in [-0.39, 0.29) is 0 Å². The zero-order valence-corrected chi connectivity index (χ0v) is 10.7. The van der Waals surface area contributed by atoms with Crippen LogP contribution >= 0.6 is 0 Å². The minimum atomic E-state index is 0.683. The number of allylic oxidation sites excluding steroid dienone is 5. The van der Waals surface area contributed by atoms with Gasteiger partial charge in [-0.05, 0) is 35.5 Å². The van der Waals surface area contributed by atoms with E-state index in [0.29, 0.717) is 5.92 Å². The summed E-state index contributed by atoms with van der Waals surface area (Å²) in [6.07, 6.45) is 13.5. The molecule has 0 heteroatoms. The van der Waals surface area contributed by atoms with Gasteiger partial charge in [0.25, 0.3) is 0 Å². The fourth-order valence-corrected chi connectivity index (χ4v) is 2.49. The molecule has 1 aromatic rings. The third-order valence-corrected chi connectivity index (χ3v) is 3.24. The molecule has 0 N–H and O–H groups in total. The standard InChI is InChI=1S/C15H14.C2H6/c1-2-6-12-10-13(7-3-1)15-9-5-4-8-14(15)11-12;1-2/h1-6,8-9,11,13H,7,10H2;1-2H3/b3-1-,6-2-;. The molecular weight excluding hydrogens is 204 g/mol. The Morgan fingerprint density at radius 3 is 2.76 bits per heavy atom. The van der Waals surface area contributed by atoms with Crippen molar-refractivity contribution in [3.8, 4) is 0 Å². The minimum Gasteiger partial charge on any atom is -0.0839 e. The molecule has 1 unspecified atom stereocenters. The van der Waals surface area contributed by atoms with Crippen molar-refractivity contribution in [1.29, 1.82) is 0 Å². The van der Waals surface area contributed by atoms with Gasteiger partial charge in [-0.1, -0.05) is 68.5 Å². The van der Waals surface area contributed by atoms with E-state index < -0.39 is 0 Å². The molecule has 0 amide bonds. The quantitative estimate of drug-likeness (QED) is 0.575.